The molecule has 10 heavy (non-hydrogen) atoms. The van der Waals surface area contributed by atoms with Gasteiger partial charge in [-0.25, -0.2) is 0 Å². The molecule has 0 aliphatic heterocycles. The van der Waals surface area contributed by atoms with Crippen LogP contribution in [-0.2, 0) is 0 Å². The van der Waals surface area contributed by atoms with Crippen LogP contribution in [0.25, 0.3) is 0 Å². The number of benzene rings is 1. The molecule has 1 aromatic rings. The van der Waals surface area contributed by atoms with Crippen molar-refractivity contribution >= 4 is 30.5 Å². The van der Waals surface area contributed by atoms with Gasteiger partial charge in [0.1, 0.15) is 0 Å². The molecule has 52 valence electrons. The molecule has 1 nitrogen and oxygen atoms in total. The summed E-state index contributed by atoms with van der Waals surface area (Å²) in [4.78, 5) is 10.8. The van der Waals surface area contributed by atoms with Gasteiger partial charge in [0, 0.05) is 10.5 Å². The Balaban J connectivity index is 3.27. The predicted octanol–water partition coefficient (Wildman–Crippen LogP) is 2.44. The van der Waals surface area contributed by atoms with Crippen LogP contribution < -0.4 is 0 Å². The average molecular weight is 173 g/mol. The van der Waals surface area contributed by atoms with E-state index in [1.807, 2.05) is 0 Å². The van der Waals surface area contributed by atoms with Gasteiger partial charge in [-0.3, -0.25) is 4.79 Å². The van der Waals surface area contributed by atoms with Crippen molar-refractivity contribution in [2.45, 2.75) is 4.90 Å². The van der Waals surface area contributed by atoms with E-state index < -0.39 is 0 Å². The molecule has 1 aromatic carbocycles. The molecule has 3 heteroatoms. The normalized spacial score (nSPS) is 9.40. The first-order chi connectivity index (χ1) is 4.75. The molecule has 0 amide bonds. The molecule has 0 saturated carbocycles. The molecule has 0 heterocycles. The largest absolute Gasteiger partial charge is 0.298 e. The quantitative estimate of drug-likeness (QED) is 0.509. The second-order valence-electron chi connectivity index (χ2n) is 1.80. The maximum absolute atomic E-state index is 10.3. The monoisotopic (exact) mass is 172 g/mol. The summed E-state index contributed by atoms with van der Waals surface area (Å²) in [5, 5.41) is 0.507. The number of carbonyl (C=O) groups is 1. The first kappa shape index (κ1) is 7.63. The molecule has 0 atom stereocenters. The van der Waals surface area contributed by atoms with Crippen LogP contribution in [0.15, 0.2) is 23.1 Å². The third-order valence-corrected chi connectivity index (χ3v) is 2.09. The van der Waals surface area contributed by atoms with E-state index in [9.17, 15) is 4.79 Å². The molecule has 0 radical (unpaired) electrons. The number of hydrogen-bond acceptors (Lipinski definition) is 2. The van der Waals surface area contributed by atoms with Gasteiger partial charge < -0.3 is 0 Å². The average Bonchev–Trinajstić information content (AvgIpc) is 1.95. The molecule has 0 N–H and O–H groups in total. The van der Waals surface area contributed by atoms with Crippen molar-refractivity contribution in [1.29, 1.82) is 0 Å². The van der Waals surface area contributed by atoms with E-state index in [0.29, 0.717) is 15.5 Å². The van der Waals surface area contributed by atoms with Crippen LogP contribution in [0.3, 0.4) is 0 Å². The van der Waals surface area contributed by atoms with Gasteiger partial charge in [0.25, 0.3) is 0 Å². The Morgan fingerprint density at radius 1 is 1.50 bits per heavy atom. The topological polar surface area (TPSA) is 17.1 Å². The van der Waals surface area contributed by atoms with E-state index in [1.54, 1.807) is 18.2 Å². The molecule has 1 rings (SSSR count). The molecule has 0 aromatic heterocycles. The highest BCUT2D eigenvalue weighted by Crippen LogP contribution is 2.21. The highest BCUT2D eigenvalue weighted by Gasteiger charge is 1.99. The minimum atomic E-state index is 0.507. The van der Waals surface area contributed by atoms with Crippen LogP contribution >= 0.6 is 24.2 Å². The van der Waals surface area contributed by atoms with Crippen molar-refractivity contribution in [2.24, 2.45) is 0 Å². The highest BCUT2D eigenvalue weighted by atomic mass is 35.5. The van der Waals surface area contributed by atoms with Crippen LogP contribution in [-0.4, -0.2) is 6.29 Å². The van der Waals surface area contributed by atoms with Gasteiger partial charge in [0.05, 0.1) is 5.02 Å². The summed E-state index contributed by atoms with van der Waals surface area (Å²) in [5.74, 6) is 0. The Kier molecular flexibility index (Phi) is 2.35. The Hall–Kier alpha value is -0.470. The van der Waals surface area contributed by atoms with Crippen molar-refractivity contribution in [1.82, 2.24) is 0 Å². The number of carbonyl (C=O) groups excluding carboxylic acids is 1. The Morgan fingerprint density at radius 2 is 2.20 bits per heavy atom. The smallest absolute Gasteiger partial charge is 0.151 e. The summed E-state index contributed by atoms with van der Waals surface area (Å²) in [6, 6.07) is 5.07. The molecule has 0 aliphatic rings. The van der Waals surface area contributed by atoms with Crippen LogP contribution in [0, 0.1) is 0 Å². The minimum Gasteiger partial charge on any atom is -0.298 e. The Morgan fingerprint density at radius 3 is 2.70 bits per heavy atom. The molecular weight excluding hydrogens is 168 g/mol. The van der Waals surface area contributed by atoms with Crippen molar-refractivity contribution in [3.05, 3.63) is 28.8 Å². The van der Waals surface area contributed by atoms with E-state index in [4.69, 9.17) is 11.6 Å². The van der Waals surface area contributed by atoms with Gasteiger partial charge in [-0.1, -0.05) is 23.7 Å². The fourth-order valence-corrected chi connectivity index (χ4v) is 1.01. The first-order valence-electron chi connectivity index (χ1n) is 2.68. The summed E-state index contributed by atoms with van der Waals surface area (Å²) < 4.78 is 0. The summed E-state index contributed by atoms with van der Waals surface area (Å²) in [5.41, 5.74) is 0.524. The molecule has 0 spiro atoms. The van der Waals surface area contributed by atoms with Crippen molar-refractivity contribution < 1.29 is 4.79 Å². The third kappa shape index (κ3) is 1.33. The van der Waals surface area contributed by atoms with E-state index in [2.05, 4.69) is 12.6 Å². The van der Waals surface area contributed by atoms with Crippen molar-refractivity contribution in [2.75, 3.05) is 0 Å². The van der Waals surface area contributed by atoms with E-state index in [-0.39, 0.29) is 0 Å². The molecule has 0 saturated heterocycles. The maximum Gasteiger partial charge on any atom is 0.151 e. The van der Waals surface area contributed by atoms with Gasteiger partial charge >= 0.3 is 0 Å². The fraction of sp³-hybridized carbons (Fsp3) is 0. The summed E-state index contributed by atoms with van der Waals surface area (Å²) in [7, 11) is 0. The first-order valence-corrected chi connectivity index (χ1v) is 3.51. The number of rotatable bonds is 1. The summed E-state index contributed by atoms with van der Waals surface area (Å²) in [6.07, 6.45) is 0.730. The van der Waals surface area contributed by atoms with Gasteiger partial charge in [0.15, 0.2) is 6.29 Å². The second-order valence-corrected chi connectivity index (χ2v) is 2.65. The van der Waals surface area contributed by atoms with Crippen molar-refractivity contribution in [3.8, 4) is 0 Å². The lowest BCUT2D eigenvalue weighted by Gasteiger charge is -1.96. The number of halogens is 1. The van der Waals surface area contributed by atoms with Crippen LogP contribution in [0.5, 0.6) is 0 Å². The van der Waals surface area contributed by atoms with Gasteiger partial charge in [-0.05, 0) is 6.07 Å². The molecule has 0 bridgehead atoms. The standard InChI is InChI=1S/C7H5ClOS/c8-6-3-1-2-5(4-9)7(6)10/h1-4,10H. The Bertz CT molecular complexity index is 260. The molecule has 0 unspecified atom stereocenters. The van der Waals surface area contributed by atoms with E-state index >= 15 is 0 Å². The highest BCUT2D eigenvalue weighted by molar-refractivity contribution is 7.80. The van der Waals surface area contributed by atoms with Gasteiger partial charge in [0.2, 0.25) is 0 Å². The SMILES string of the molecule is O=Cc1cccc(Cl)c1S. The van der Waals surface area contributed by atoms with Crippen molar-refractivity contribution in [3.63, 3.8) is 0 Å². The number of thiol groups is 1. The number of hydrogen-bond donors (Lipinski definition) is 1. The summed E-state index contributed by atoms with van der Waals surface area (Å²) in [6.45, 7) is 0. The lowest BCUT2D eigenvalue weighted by Crippen LogP contribution is -1.81. The lowest BCUT2D eigenvalue weighted by atomic mass is 10.2. The van der Waals surface area contributed by atoms with E-state index in [1.165, 1.54) is 0 Å². The van der Waals surface area contributed by atoms with Crippen LogP contribution in [0.4, 0.5) is 0 Å². The molecule has 0 aliphatic carbocycles. The second kappa shape index (κ2) is 3.08. The van der Waals surface area contributed by atoms with Gasteiger partial charge in [-0.2, -0.15) is 0 Å². The lowest BCUT2D eigenvalue weighted by molar-refractivity contribution is 0.112. The Labute approximate surface area is 69.4 Å². The van der Waals surface area contributed by atoms with Crippen LogP contribution in [0.1, 0.15) is 10.4 Å². The maximum atomic E-state index is 10.3. The zero-order valence-corrected chi connectivity index (χ0v) is 6.69. The third-order valence-electron chi connectivity index (χ3n) is 1.14. The predicted molar refractivity (Wildman–Crippen MR) is 44.1 cm³/mol. The van der Waals surface area contributed by atoms with Crippen LogP contribution in [0.2, 0.25) is 5.02 Å². The fourth-order valence-electron chi connectivity index (χ4n) is 0.627. The van der Waals surface area contributed by atoms with E-state index in [0.717, 1.165) is 6.29 Å². The zero-order chi connectivity index (χ0) is 7.56. The number of aldehydes is 1. The molecule has 0 fully saturated rings. The zero-order valence-electron chi connectivity index (χ0n) is 5.04. The summed E-state index contributed by atoms with van der Waals surface area (Å²) >= 11 is 9.69. The minimum absolute atomic E-state index is 0.507. The molecular formula is C7H5ClOS. The van der Waals surface area contributed by atoms with Gasteiger partial charge in [-0.15, -0.1) is 12.6 Å².